The fourth-order valence-corrected chi connectivity index (χ4v) is 3.89. The van der Waals surface area contributed by atoms with Crippen molar-refractivity contribution >= 4 is 5.91 Å². The third kappa shape index (κ3) is 3.70. The van der Waals surface area contributed by atoms with E-state index in [-0.39, 0.29) is 11.3 Å². The smallest absolute Gasteiger partial charge is 0.254 e. The molecule has 0 aliphatic carbocycles. The second kappa shape index (κ2) is 7.49. The summed E-state index contributed by atoms with van der Waals surface area (Å²) in [7, 11) is 0. The normalized spacial score (nSPS) is 21.5. The highest BCUT2D eigenvalue weighted by molar-refractivity contribution is 5.95. The lowest BCUT2D eigenvalue weighted by atomic mass is 9.78. The number of piperidine rings is 1. The van der Waals surface area contributed by atoms with E-state index in [1.54, 1.807) is 0 Å². The Morgan fingerprint density at radius 1 is 1.29 bits per heavy atom. The lowest BCUT2D eigenvalue weighted by molar-refractivity contribution is 0.0155. The molecule has 0 aromatic heterocycles. The van der Waals surface area contributed by atoms with Crippen LogP contribution >= 0.6 is 0 Å². The lowest BCUT2D eigenvalue weighted by Gasteiger charge is -2.42. The van der Waals surface area contributed by atoms with Gasteiger partial charge in [0.05, 0.1) is 13.2 Å². The first kappa shape index (κ1) is 17.2. The first-order valence-corrected chi connectivity index (χ1v) is 8.89. The average molecular weight is 328 g/mol. The summed E-state index contributed by atoms with van der Waals surface area (Å²) in [5.41, 5.74) is 2.07. The van der Waals surface area contributed by atoms with Gasteiger partial charge in [0.2, 0.25) is 0 Å². The minimum Gasteiger partial charge on any atom is -0.379 e. The molecule has 1 spiro atoms. The Balaban J connectivity index is 1.65. The zero-order chi connectivity index (χ0) is 17.0. The van der Waals surface area contributed by atoms with Gasteiger partial charge in [0, 0.05) is 43.7 Å². The zero-order valence-corrected chi connectivity index (χ0v) is 14.7. The second-order valence-electron chi connectivity index (χ2n) is 7.18. The van der Waals surface area contributed by atoms with Crippen LogP contribution in [0, 0.1) is 12.3 Å². The van der Waals surface area contributed by atoms with Crippen molar-refractivity contribution in [3.63, 3.8) is 0 Å². The Bertz CT molecular complexity index is 591. The van der Waals surface area contributed by atoms with E-state index in [4.69, 9.17) is 4.74 Å². The molecule has 2 heterocycles. The first-order chi connectivity index (χ1) is 11.6. The van der Waals surface area contributed by atoms with Crippen molar-refractivity contribution in [2.24, 2.45) is 5.41 Å². The molecule has 1 aromatic rings. The molecule has 130 valence electrons. The summed E-state index contributed by atoms with van der Waals surface area (Å²) >= 11 is 0. The van der Waals surface area contributed by atoms with Gasteiger partial charge in [-0.2, -0.15) is 0 Å². The maximum Gasteiger partial charge on any atom is 0.254 e. The molecule has 24 heavy (non-hydrogen) atoms. The Hall–Kier alpha value is -1.65. The summed E-state index contributed by atoms with van der Waals surface area (Å²) in [6.45, 7) is 12.0. The Labute approximate surface area is 145 Å². The zero-order valence-electron chi connectivity index (χ0n) is 14.7. The van der Waals surface area contributed by atoms with Crippen LogP contribution in [0.2, 0.25) is 0 Å². The molecule has 1 aromatic carbocycles. The number of carbonyl (C=O) groups is 1. The number of carbonyl (C=O) groups excluding carboxylic acids is 1. The van der Waals surface area contributed by atoms with Gasteiger partial charge >= 0.3 is 0 Å². The van der Waals surface area contributed by atoms with Gasteiger partial charge in [-0.05, 0) is 31.4 Å². The minimum absolute atomic E-state index is 0.167. The van der Waals surface area contributed by atoms with E-state index in [9.17, 15) is 4.79 Å². The lowest BCUT2D eigenvalue weighted by Crippen LogP contribution is -2.49. The molecule has 0 saturated carbocycles. The second-order valence-corrected chi connectivity index (χ2v) is 7.18. The van der Waals surface area contributed by atoms with Gasteiger partial charge in [0.15, 0.2) is 0 Å². The molecule has 0 unspecified atom stereocenters. The minimum atomic E-state index is 0.167. The number of hydrogen-bond acceptors (Lipinski definition) is 3. The van der Waals surface area contributed by atoms with E-state index in [1.807, 2.05) is 42.2 Å². The summed E-state index contributed by atoms with van der Waals surface area (Å²) in [6, 6.07) is 7.86. The van der Waals surface area contributed by atoms with Crippen molar-refractivity contribution in [3.05, 3.63) is 48.0 Å². The predicted molar refractivity (Wildman–Crippen MR) is 96.2 cm³/mol. The summed E-state index contributed by atoms with van der Waals surface area (Å²) in [5.74, 6) is 0.167. The average Bonchev–Trinajstić information content (AvgIpc) is 2.78. The van der Waals surface area contributed by atoms with Crippen LogP contribution in [0.4, 0.5) is 0 Å². The number of rotatable bonds is 3. The molecule has 4 heteroatoms. The largest absolute Gasteiger partial charge is 0.379 e. The molecule has 0 bridgehead atoms. The summed E-state index contributed by atoms with van der Waals surface area (Å²) in [5, 5.41) is 0. The molecule has 2 fully saturated rings. The highest BCUT2D eigenvalue weighted by Crippen LogP contribution is 2.34. The molecule has 0 N–H and O–H groups in total. The highest BCUT2D eigenvalue weighted by atomic mass is 16.5. The molecule has 2 aliphatic rings. The molecular weight excluding hydrogens is 300 g/mol. The summed E-state index contributed by atoms with van der Waals surface area (Å²) in [6.07, 6.45) is 3.99. The van der Waals surface area contributed by atoms with Crippen molar-refractivity contribution in [1.82, 2.24) is 9.80 Å². The van der Waals surface area contributed by atoms with E-state index in [2.05, 4.69) is 11.5 Å². The van der Waals surface area contributed by atoms with Crippen molar-refractivity contribution in [1.29, 1.82) is 0 Å². The number of nitrogens with zero attached hydrogens (tertiary/aromatic N) is 2. The molecule has 4 nitrogen and oxygen atoms in total. The van der Waals surface area contributed by atoms with E-state index in [1.165, 1.54) is 0 Å². The molecule has 0 radical (unpaired) electrons. The number of likely N-dealkylation sites (tertiary alicyclic amines) is 1. The number of amides is 1. The van der Waals surface area contributed by atoms with E-state index in [0.29, 0.717) is 0 Å². The van der Waals surface area contributed by atoms with Crippen molar-refractivity contribution in [2.45, 2.75) is 19.8 Å². The molecule has 0 atom stereocenters. The van der Waals surface area contributed by atoms with Gasteiger partial charge in [-0.25, -0.2) is 0 Å². The van der Waals surface area contributed by atoms with Crippen LogP contribution in [-0.4, -0.2) is 61.6 Å². The fraction of sp³-hybridized carbons (Fsp3) is 0.550. The Morgan fingerprint density at radius 2 is 2.04 bits per heavy atom. The molecule has 1 amide bonds. The van der Waals surface area contributed by atoms with Gasteiger partial charge < -0.3 is 9.64 Å². The number of benzene rings is 1. The predicted octanol–water partition coefficient (Wildman–Crippen LogP) is 2.74. The molecule has 2 aliphatic heterocycles. The first-order valence-electron chi connectivity index (χ1n) is 8.89. The van der Waals surface area contributed by atoms with Gasteiger partial charge in [-0.3, -0.25) is 9.69 Å². The quantitative estimate of drug-likeness (QED) is 0.800. The van der Waals surface area contributed by atoms with Crippen LogP contribution in [0.15, 0.2) is 36.9 Å². The van der Waals surface area contributed by atoms with Crippen LogP contribution < -0.4 is 0 Å². The van der Waals surface area contributed by atoms with Gasteiger partial charge in [-0.1, -0.05) is 24.3 Å². The van der Waals surface area contributed by atoms with Crippen LogP contribution in [0.25, 0.3) is 0 Å². The molecule has 3 rings (SSSR count). The Kier molecular flexibility index (Phi) is 5.36. The van der Waals surface area contributed by atoms with E-state index < -0.39 is 0 Å². The maximum absolute atomic E-state index is 12.8. The van der Waals surface area contributed by atoms with E-state index >= 15 is 0 Å². The van der Waals surface area contributed by atoms with Gasteiger partial charge in [0.25, 0.3) is 5.91 Å². The Morgan fingerprint density at radius 3 is 2.75 bits per heavy atom. The van der Waals surface area contributed by atoms with Crippen LogP contribution in [0.3, 0.4) is 0 Å². The third-order valence-corrected chi connectivity index (χ3v) is 5.39. The standard InChI is InChI=1S/C20H28N2O2/c1-3-10-21-13-14-24-16-20(15-21)8-11-22(12-9-20)19(23)18-7-5-4-6-17(18)2/h3-7H,1,8-16H2,2H3. The van der Waals surface area contributed by atoms with Gasteiger partial charge in [-0.15, -0.1) is 6.58 Å². The van der Waals surface area contributed by atoms with Crippen LogP contribution in [-0.2, 0) is 4.74 Å². The fourth-order valence-electron chi connectivity index (χ4n) is 3.89. The van der Waals surface area contributed by atoms with E-state index in [0.717, 1.165) is 69.9 Å². The molecular formula is C20H28N2O2. The summed E-state index contributed by atoms with van der Waals surface area (Å²) in [4.78, 5) is 17.2. The van der Waals surface area contributed by atoms with Crippen molar-refractivity contribution in [3.8, 4) is 0 Å². The van der Waals surface area contributed by atoms with Crippen LogP contribution in [0.1, 0.15) is 28.8 Å². The van der Waals surface area contributed by atoms with Crippen molar-refractivity contribution in [2.75, 3.05) is 45.9 Å². The van der Waals surface area contributed by atoms with Crippen molar-refractivity contribution < 1.29 is 9.53 Å². The SMILES string of the molecule is C=CCN1CCOCC2(CCN(C(=O)c3ccccc3C)CC2)C1. The third-order valence-electron chi connectivity index (χ3n) is 5.39. The monoisotopic (exact) mass is 328 g/mol. The highest BCUT2D eigenvalue weighted by Gasteiger charge is 2.39. The maximum atomic E-state index is 12.8. The number of ether oxygens (including phenoxy) is 1. The summed E-state index contributed by atoms with van der Waals surface area (Å²) < 4.78 is 5.88. The number of hydrogen-bond donors (Lipinski definition) is 0. The molecule has 2 saturated heterocycles. The van der Waals surface area contributed by atoms with Gasteiger partial charge in [0.1, 0.15) is 0 Å². The topological polar surface area (TPSA) is 32.8 Å². The van der Waals surface area contributed by atoms with Crippen LogP contribution in [0.5, 0.6) is 0 Å². The number of aryl methyl sites for hydroxylation is 1.